The number of amides is 3. The van der Waals surface area contributed by atoms with Crippen molar-refractivity contribution in [1.82, 2.24) is 16.0 Å². The summed E-state index contributed by atoms with van der Waals surface area (Å²) in [5.74, 6) is -6.98. The highest BCUT2D eigenvalue weighted by molar-refractivity contribution is 5.94. The number of nitrogens with two attached hydrogens (primary N) is 2. The number of carboxylic acids is 3. The normalized spacial score (nSPS) is 15.1. The van der Waals surface area contributed by atoms with Crippen LogP contribution in [-0.2, 0) is 28.8 Å². The first-order valence-electron chi connectivity index (χ1n) is 11.0. The molecule has 200 valence electrons. The average Bonchev–Trinajstić information content (AvgIpc) is 2.76. The molecule has 0 aromatic carbocycles. The number of aliphatic hydroxyl groups is 1. The van der Waals surface area contributed by atoms with E-state index in [4.69, 9.17) is 21.7 Å². The van der Waals surface area contributed by atoms with Crippen LogP contribution in [0.2, 0.25) is 0 Å². The van der Waals surface area contributed by atoms with E-state index in [9.17, 15) is 39.0 Å². The van der Waals surface area contributed by atoms with Crippen LogP contribution in [-0.4, -0.2) is 92.9 Å². The lowest BCUT2D eigenvalue weighted by atomic mass is 10.1. The van der Waals surface area contributed by atoms with Gasteiger partial charge >= 0.3 is 17.9 Å². The predicted molar refractivity (Wildman–Crippen MR) is 120 cm³/mol. The quantitative estimate of drug-likeness (QED) is 0.0848. The Bertz CT molecular complexity index is 761. The standard InChI is InChI=1S/C20H35N5O10/c1-10(26)16(25-17(31)11(22)4-2-3-9-21)19(33)23-12(5-7-14(27)28)18(32)24-13(20(34)35)6-8-15(29)30/h10-13,16,26H,2-9,21-22H2,1H3,(H,23,33)(H,24,32)(H,25,31)(H,27,28)(H,29,30)(H,34,35). The molecule has 0 spiro atoms. The Hall–Kier alpha value is -3.30. The molecule has 15 nitrogen and oxygen atoms in total. The fraction of sp³-hybridized carbons (Fsp3) is 0.700. The number of carboxylic acid groups (broad SMARTS) is 3. The Morgan fingerprint density at radius 3 is 1.71 bits per heavy atom. The molecule has 0 aliphatic carbocycles. The van der Waals surface area contributed by atoms with Crippen LogP contribution in [0.5, 0.6) is 0 Å². The molecule has 0 fully saturated rings. The largest absolute Gasteiger partial charge is 0.481 e. The van der Waals surface area contributed by atoms with Crippen LogP contribution in [0.1, 0.15) is 51.9 Å². The molecule has 0 radical (unpaired) electrons. The summed E-state index contributed by atoms with van der Waals surface area (Å²) in [6.07, 6.45) is -2.02. The number of unbranched alkanes of at least 4 members (excludes halogenated alkanes) is 1. The zero-order chi connectivity index (χ0) is 27.1. The Morgan fingerprint density at radius 2 is 1.26 bits per heavy atom. The monoisotopic (exact) mass is 505 g/mol. The van der Waals surface area contributed by atoms with Gasteiger partial charge in [0.05, 0.1) is 12.1 Å². The maximum absolute atomic E-state index is 12.7. The number of nitrogens with one attached hydrogen (secondary N) is 3. The van der Waals surface area contributed by atoms with E-state index in [1.54, 1.807) is 0 Å². The van der Waals surface area contributed by atoms with Gasteiger partial charge in [0.2, 0.25) is 17.7 Å². The van der Waals surface area contributed by atoms with E-state index in [2.05, 4.69) is 16.0 Å². The average molecular weight is 506 g/mol. The molecule has 0 saturated heterocycles. The minimum atomic E-state index is -1.61. The van der Waals surface area contributed by atoms with E-state index >= 15 is 0 Å². The van der Waals surface area contributed by atoms with Crippen molar-refractivity contribution >= 4 is 35.6 Å². The van der Waals surface area contributed by atoms with Crippen molar-refractivity contribution in [2.45, 2.75) is 82.1 Å². The molecule has 0 heterocycles. The fourth-order valence-electron chi connectivity index (χ4n) is 2.90. The topological polar surface area (TPSA) is 271 Å². The molecule has 35 heavy (non-hydrogen) atoms. The van der Waals surface area contributed by atoms with Crippen LogP contribution in [0, 0.1) is 0 Å². The van der Waals surface area contributed by atoms with Gasteiger partial charge in [-0.2, -0.15) is 0 Å². The second kappa shape index (κ2) is 16.3. The third-order valence-electron chi connectivity index (χ3n) is 4.91. The summed E-state index contributed by atoms with van der Waals surface area (Å²) in [7, 11) is 0. The zero-order valence-electron chi connectivity index (χ0n) is 19.4. The van der Waals surface area contributed by atoms with Crippen LogP contribution in [0.15, 0.2) is 0 Å². The van der Waals surface area contributed by atoms with Crippen molar-refractivity contribution in [3.63, 3.8) is 0 Å². The molecule has 5 unspecified atom stereocenters. The molecule has 15 heteroatoms. The summed E-state index contributed by atoms with van der Waals surface area (Å²) < 4.78 is 0. The Labute approximate surface area is 201 Å². The van der Waals surface area contributed by atoms with E-state index in [1.807, 2.05) is 0 Å². The first-order valence-corrected chi connectivity index (χ1v) is 11.0. The minimum absolute atomic E-state index is 0.272. The summed E-state index contributed by atoms with van der Waals surface area (Å²) in [5, 5.41) is 43.4. The number of hydrogen-bond acceptors (Lipinski definition) is 9. The van der Waals surface area contributed by atoms with Gasteiger partial charge in [-0.1, -0.05) is 6.42 Å². The number of carbonyl (C=O) groups excluding carboxylic acids is 3. The van der Waals surface area contributed by atoms with Crippen LogP contribution in [0.4, 0.5) is 0 Å². The van der Waals surface area contributed by atoms with Gasteiger partial charge < -0.3 is 47.8 Å². The molecule has 0 saturated carbocycles. The van der Waals surface area contributed by atoms with Crippen LogP contribution in [0.3, 0.4) is 0 Å². The van der Waals surface area contributed by atoms with Gasteiger partial charge in [-0.05, 0) is 39.2 Å². The van der Waals surface area contributed by atoms with Crippen LogP contribution in [0.25, 0.3) is 0 Å². The van der Waals surface area contributed by atoms with Crippen molar-refractivity contribution in [3.8, 4) is 0 Å². The molecule has 11 N–H and O–H groups in total. The second-order valence-electron chi connectivity index (χ2n) is 7.94. The number of carbonyl (C=O) groups is 6. The summed E-state index contributed by atoms with van der Waals surface area (Å²) in [4.78, 5) is 70.7. The third kappa shape index (κ3) is 13.2. The smallest absolute Gasteiger partial charge is 0.326 e. The summed E-state index contributed by atoms with van der Waals surface area (Å²) >= 11 is 0. The summed E-state index contributed by atoms with van der Waals surface area (Å²) in [5.41, 5.74) is 11.2. The van der Waals surface area contributed by atoms with Crippen LogP contribution >= 0.6 is 0 Å². The maximum Gasteiger partial charge on any atom is 0.326 e. The minimum Gasteiger partial charge on any atom is -0.481 e. The SMILES string of the molecule is CC(O)C(NC(=O)C(N)CCCCN)C(=O)NC(CCC(=O)O)C(=O)NC(CCC(=O)O)C(=O)O. The van der Waals surface area contributed by atoms with Crippen molar-refractivity contribution < 1.29 is 49.2 Å². The lowest BCUT2D eigenvalue weighted by Gasteiger charge is -2.26. The van der Waals surface area contributed by atoms with Crippen molar-refractivity contribution in [3.05, 3.63) is 0 Å². The van der Waals surface area contributed by atoms with E-state index < -0.39 is 91.6 Å². The molecule has 0 aliphatic rings. The van der Waals surface area contributed by atoms with Crippen molar-refractivity contribution in [1.29, 1.82) is 0 Å². The van der Waals surface area contributed by atoms with Gasteiger partial charge in [-0.25, -0.2) is 4.79 Å². The Kier molecular flexibility index (Phi) is 14.8. The molecular formula is C20H35N5O10. The predicted octanol–water partition coefficient (Wildman–Crippen LogP) is -2.91. The lowest BCUT2D eigenvalue weighted by molar-refractivity contribution is -0.144. The van der Waals surface area contributed by atoms with Gasteiger partial charge in [-0.15, -0.1) is 0 Å². The molecule has 5 atom stereocenters. The molecule has 0 aromatic rings. The Balaban J connectivity index is 5.43. The summed E-state index contributed by atoms with van der Waals surface area (Å²) in [6, 6.07) is -5.71. The molecule has 0 rings (SSSR count). The Morgan fingerprint density at radius 1 is 0.743 bits per heavy atom. The van der Waals surface area contributed by atoms with Gasteiger partial charge in [0.15, 0.2) is 0 Å². The molecule has 0 aliphatic heterocycles. The third-order valence-corrected chi connectivity index (χ3v) is 4.91. The van der Waals surface area contributed by atoms with Gasteiger partial charge in [0.25, 0.3) is 0 Å². The highest BCUT2D eigenvalue weighted by Gasteiger charge is 2.32. The first-order chi connectivity index (χ1) is 16.3. The first kappa shape index (κ1) is 31.7. The molecule has 3 amide bonds. The zero-order valence-corrected chi connectivity index (χ0v) is 19.4. The van der Waals surface area contributed by atoms with Gasteiger partial charge in [0, 0.05) is 12.8 Å². The van der Waals surface area contributed by atoms with Crippen molar-refractivity contribution in [2.24, 2.45) is 11.5 Å². The second-order valence-corrected chi connectivity index (χ2v) is 7.94. The fourth-order valence-corrected chi connectivity index (χ4v) is 2.90. The van der Waals surface area contributed by atoms with E-state index in [0.29, 0.717) is 19.4 Å². The maximum atomic E-state index is 12.7. The van der Waals surface area contributed by atoms with E-state index in [-0.39, 0.29) is 6.42 Å². The number of rotatable bonds is 18. The molecular weight excluding hydrogens is 470 g/mol. The van der Waals surface area contributed by atoms with Gasteiger partial charge in [0.1, 0.15) is 18.1 Å². The van der Waals surface area contributed by atoms with Crippen molar-refractivity contribution in [2.75, 3.05) is 6.54 Å². The number of aliphatic hydroxyl groups excluding tert-OH is 1. The lowest BCUT2D eigenvalue weighted by Crippen LogP contribution is -2.59. The summed E-state index contributed by atoms with van der Waals surface area (Å²) in [6.45, 7) is 1.61. The van der Waals surface area contributed by atoms with Gasteiger partial charge in [-0.3, -0.25) is 24.0 Å². The molecule has 0 aromatic heterocycles. The molecule has 0 bridgehead atoms. The van der Waals surface area contributed by atoms with E-state index in [1.165, 1.54) is 6.92 Å². The van der Waals surface area contributed by atoms with E-state index in [0.717, 1.165) is 0 Å². The highest BCUT2D eigenvalue weighted by Crippen LogP contribution is 2.05. The number of aliphatic carboxylic acids is 3. The van der Waals surface area contributed by atoms with Crippen LogP contribution < -0.4 is 27.4 Å². The number of hydrogen-bond donors (Lipinski definition) is 9. The highest BCUT2D eigenvalue weighted by atomic mass is 16.4.